The zero-order valence-corrected chi connectivity index (χ0v) is 14.3. The second kappa shape index (κ2) is 7.68. The number of carbonyl (C=O) groups excluding carboxylic acids is 2. The molecule has 132 valence electrons. The van der Waals surface area contributed by atoms with Crippen LogP contribution in [0.5, 0.6) is 0 Å². The van der Waals surface area contributed by atoms with E-state index in [0.29, 0.717) is 25.0 Å². The maximum atomic E-state index is 13.1. The Hall–Kier alpha value is -2.37. The number of ether oxygens (including phenoxy) is 1. The lowest BCUT2D eigenvalue weighted by Crippen LogP contribution is -2.48. The van der Waals surface area contributed by atoms with E-state index in [1.807, 2.05) is 12.1 Å². The van der Waals surface area contributed by atoms with E-state index >= 15 is 0 Å². The van der Waals surface area contributed by atoms with E-state index in [1.54, 1.807) is 13.2 Å². The van der Waals surface area contributed by atoms with Crippen molar-refractivity contribution in [3.05, 3.63) is 39.8 Å². The summed E-state index contributed by atoms with van der Waals surface area (Å²) >= 11 is 0. The highest BCUT2D eigenvalue weighted by Crippen LogP contribution is 2.40. The number of methoxy groups -OCH3 is 1. The summed E-state index contributed by atoms with van der Waals surface area (Å²) in [6, 6.07) is 5.36. The molecule has 2 aliphatic rings. The highest BCUT2D eigenvalue weighted by molar-refractivity contribution is 6.06. The molecule has 3 atom stereocenters. The van der Waals surface area contributed by atoms with Gasteiger partial charge in [0.05, 0.1) is 6.54 Å². The fraction of sp³-hybridized carbons (Fsp3) is 0.556. The van der Waals surface area contributed by atoms with Gasteiger partial charge in [-0.3, -0.25) is 9.59 Å². The second-order valence-corrected chi connectivity index (χ2v) is 6.75. The zero-order valence-electron chi connectivity index (χ0n) is 14.3. The first-order chi connectivity index (χ1) is 12.1. The highest BCUT2D eigenvalue weighted by atomic mass is 16.5. The monoisotopic (exact) mass is 342 g/mol. The molecule has 0 aromatic heterocycles. The van der Waals surface area contributed by atoms with Gasteiger partial charge in [0.15, 0.2) is 5.78 Å². The average Bonchev–Trinajstić information content (AvgIpc) is 2.60. The molecule has 0 bridgehead atoms. The number of anilines is 1. The summed E-state index contributed by atoms with van der Waals surface area (Å²) < 4.78 is 5.11. The summed E-state index contributed by atoms with van der Waals surface area (Å²) in [7, 11) is 1.66. The standard InChI is InChI=1S/C18H22N4O3/c1-25-6-2-3-12-8-13(23)9-16-17(12)18(24)14-7-11(10-20-22-19)4-5-15(14)21-16/h4-5,7,12,16-17,21H,2-3,6,8-10H2,1H3/t12-,16+,17-/m0/s1. The third-order valence-corrected chi connectivity index (χ3v) is 5.11. The molecule has 1 N–H and O–H groups in total. The molecule has 0 spiro atoms. The van der Waals surface area contributed by atoms with Crippen molar-refractivity contribution in [3.63, 3.8) is 0 Å². The van der Waals surface area contributed by atoms with Gasteiger partial charge in [-0.05, 0) is 42.0 Å². The fourth-order valence-corrected chi connectivity index (χ4v) is 4.02. The van der Waals surface area contributed by atoms with Crippen LogP contribution in [0.2, 0.25) is 0 Å². The molecule has 1 heterocycles. The normalized spacial score (nSPS) is 24.8. The van der Waals surface area contributed by atoms with Gasteiger partial charge < -0.3 is 10.1 Å². The van der Waals surface area contributed by atoms with Crippen molar-refractivity contribution in [2.75, 3.05) is 19.0 Å². The molecule has 1 aromatic rings. The Morgan fingerprint density at radius 3 is 2.96 bits per heavy atom. The number of fused-ring (bicyclic) bond motifs is 2. The molecular weight excluding hydrogens is 320 g/mol. The van der Waals surface area contributed by atoms with Crippen LogP contribution in [0.1, 0.15) is 41.6 Å². The number of nitrogens with one attached hydrogen (secondary N) is 1. The van der Waals surface area contributed by atoms with Crippen molar-refractivity contribution in [2.45, 2.75) is 38.3 Å². The third-order valence-electron chi connectivity index (χ3n) is 5.11. The van der Waals surface area contributed by atoms with Gasteiger partial charge in [0.25, 0.3) is 0 Å². The number of nitrogens with zero attached hydrogens (tertiary/aromatic N) is 3. The molecule has 0 saturated heterocycles. The zero-order chi connectivity index (χ0) is 17.8. The lowest BCUT2D eigenvalue weighted by molar-refractivity contribution is -0.122. The number of benzene rings is 1. The molecule has 1 aliphatic heterocycles. The number of hydrogen-bond acceptors (Lipinski definition) is 5. The Morgan fingerprint density at radius 1 is 1.36 bits per heavy atom. The van der Waals surface area contributed by atoms with Gasteiger partial charge in [-0.25, -0.2) is 0 Å². The minimum atomic E-state index is -0.184. The summed E-state index contributed by atoms with van der Waals surface area (Å²) in [5, 5.41) is 6.95. The Labute approximate surface area is 146 Å². The number of Topliss-reactive ketones (excluding diaryl/α,β-unsaturated/α-hetero) is 2. The first-order valence-electron chi connectivity index (χ1n) is 8.59. The molecule has 25 heavy (non-hydrogen) atoms. The van der Waals surface area contributed by atoms with Crippen LogP contribution in [0, 0.1) is 11.8 Å². The number of azide groups is 1. The molecule has 1 aromatic carbocycles. The molecule has 0 unspecified atom stereocenters. The first kappa shape index (κ1) is 17.5. The largest absolute Gasteiger partial charge is 0.385 e. The van der Waals surface area contributed by atoms with Gasteiger partial charge in [0.2, 0.25) is 0 Å². The van der Waals surface area contributed by atoms with Crippen LogP contribution in [0.15, 0.2) is 23.3 Å². The first-order valence-corrected chi connectivity index (χ1v) is 8.59. The molecule has 3 rings (SSSR count). The number of hydrogen-bond donors (Lipinski definition) is 1. The van der Waals surface area contributed by atoms with E-state index in [1.165, 1.54) is 0 Å². The maximum absolute atomic E-state index is 13.1. The van der Waals surface area contributed by atoms with Gasteiger partial charge >= 0.3 is 0 Å². The van der Waals surface area contributed by atoms with Crippen molar-refractivity contribution in [3.8, 4) is 0 Å². The summed E-state index contributed by atoms with van der Waals surface area (Å²) in [6.45, 7) is 0.859. The average molecular weight is 342 g/mol. The second-order valence-electron chi connectivity index (χ2n) is 6.75. The Kier molecular flexibility index (Phi) is 5.36. The molecular formula is C18H22N4O3. The van der Waals surface area contributed by atoms with Crippen LogP contribution < -0.4 is 5.32 Å². The van der Waals surface area contributed by atoms with Crippen molar-refractivity contribution in [1.82, 2.24) is 0 Å². The number of rotatable bonds is 6. The van der Waals surface area contributed by atoms with E-state index in [0.717, 1.165) is 24.1 Å². The van der Waals surface area contributed by atoms with Crippen molar-refractivity contribution >= 4 is 17.3 Å². The lowest BCUT2D eigenvalue weighted by Gasteiger charge is -2.41. The van der Waals surface area contributed by atoms with E-state index < -0.39 is 0 Å². The molecule has 1 fully saturated rings. The van der Waals surface area contributed by atoms with Gasteiger partial charge in [-0.15, -0.1) is 0 Å². The number of carbonyl (C=O) groups is 2. The summed E-state index contributed by atoms with van der Waals surface area (Å²) in [4.78, 5) is 28.0. The molecule has 0 amide bonds. The van der Waals surface area contributed by atoms with Crippen molar-refractivity contribution in [2.24, 2.45) is 17.0 Å². The molecule has 0 radical (unpaired) electrons. The van der Waals surface area contributed by atoms with Crippen molar-refractivity contribution < 1.29 is 14.3 Å². The molecule has 1 aliphatic carbocycles. The maximum Gasteiger partial charge on any atom is 0.170 e. The molecule has 7 heteroatoms. The summed E-state index contributed by atoms with van der Waals surface area (Å²) in [5.41, 5.74) is 10.7. The minimum Gasteiger partial charge on any atom is -0.385 e. The van der Waals surface area contributed by atoms with Gasteiger partial charge in [-0.2, -0.15) is 0 Å². The van der Waals surface area contributed by atoms with E-state index in [4.69, 9.17) is 10.3 Å². The number of ketones is 2. The SMILES string of the molecule is COCCC[C@H]1CC(=O)C[C@H]2Nc3ccc(CN=[N+]=[N-])cc3C(=O)[C@@H]12. The fourth-order valence-electron chi connectivity index (χ4n) is 4.02. The van der Waals surface area contributed by atoms with E-state index in [2.05, 4.69) is 15.3 Å². The van der Waals surface area contributed by atoms with Crippen LogP contribution in [0.25, 0.3) is 10.4 Å². The smallest absolute Gasteiger partial charge is 0.170 e. The Bertz CT molecular complexity index is 727. The van der Waals surface area contributed by atoms with E-state index in [-0.39, 0.29) is 36.0 Å². The predicted octanol–water partition coefficient (Wildman–Crippen LogP) is 3.50. The minimum absolute atomic E-state index is 0.0512. The quantitative estimate of drug-likeness (QED) is 0.370. The van der Waals surface area contributed by atoms with Crippen LogP contribution in [0.3, 0.4) is 0 Å². The predicted molar refractivity (Wildman–Crippen MR) is 93.4 cm³/mol. The molecule has 1 saturated carbocycles. The Balaban J connectivity index is 1.87. The molecule has 7 nitrogen and oxygen atoms in total. The lowest BCUT2D eigenvalue weighted by atomic mass is 9.68. The van der Waals surface area contributed by atoms with Crippen LogP contribution in [0.4, 0.5) is 5.69 Å². The van der Waals surface area contributed by atoms with Crippen LogP contribution in [-0.2, 0) is 16.1 Å². The van der Waals surface area contributed by atoms with Crippen molar-refractivity contribution in [1.29, 1.82) is 0 Å². The summed E-state index contributed by atoms with van der Waals surface area (Å²) in [6.07, 6.45) is 2.51. The third kappa shape index (κ3) is 3.67. The van der Waals surface area contributed by atoms with Gasteiger partial charge in [0.1, 0.15) is 5.78 Å². The van der Waals surface area contributed by atoms with Gasteiger partial charge in [-0.1, -0.05) is 11.2 Å². The topological polar surface area (TPSA) is 104 Å². The Morgan fingerprint density at radius 2 is 2.20 bits per heavy atom. The van der Waals surface area contributed by atoms with Crippen LogP contribution >= 0.6 is 0 Å². The van der Waals surface area contributed by atoms with Gasteiger partial charge in [0, 0.05) is 54.7 Å². The highest BCUT2D eigenvalue weighted by Gasteiger charge is 2.44. The van der Waals surface area contributed by atoms with E-state index in [9.17, 15) is 9.59 Å². The summed E-state index contributed by atoms with van der Waals surface area (Å²) in [5.74, 6) is 0.177. The van der Waals surface area contributed by atoms with Crippen LogP contribution in [-0.4, -0.2) is 31.3 Å².